The summed E-state index contributed by atoms with van der Waals surface area (Å²) >= 11 is 0. The summed E-state index contributed by atoms with van der Waals surface area (Å²) in [5.41, 5.74) is 2.42. The first-order valence-corrected chi connectivity index (χ1v) is 7.47. The first-order chi connectivity index (χ1) is 9.65. The Balaban J connectivity index is 1.82. The molecule has 2 aromatic rings. The van der Waals surface area contributed by atoms with Gasteiger partial charge in [0.15, 0.2) is 0 Å². The van der Waals surface area contributed by atoms with E-state index in [0.717, 1.165) is 18.2 Å². The zero-order valence-corrected chi connectivity index (χ0v) is 12.7. The fourth-order valence-electron chi connectivity index (χ4n) is 2.17. The van der Waals surface area contributed by atoms with Crippen molar-refractivity contribution in [3.05, 3.63) is 48.3 Å². The zero-order valence-electron chi connectivity index (χ0n) is 12.7. The van der Waals surface area contributed by atoms with Crippen LogP contribution in [0.1, 0.15) is 39.2 Å². The number of aromatic nitrogens is 2. The van der Waals surface area contributed by atoms with E-state index >= 15 is 0 Å². The van der Waals surface area contributed by atoms with Crippen LogP contribution in [-0.2, 0) is 6.54 Å². The van der Waals surface area contributed by atoms with Crippen molar-refractivity contribution in [1.29, 1.82) is 0 Å². The summed E-state index contributed by atoms with van der Waals surface area (Å²) in [6, 6.07) is 11.1. The van der Waals surface area contributed by atoms with E-state index in [0.29, 0.717) is 6.04 Å². The van der Waals surface area contributed by atoms with Gasteiger partial charge in [0.1, 0.15) is 0 Å². The van der Waals surface area contributed by atoms with Gasteiger partial charge in [-0.1, -0.05) is 26.0 Å². The molecule has 1 aromatic heterocycles. The predicted molar refractivity (Wildman–Crippen MR) is 83.9 cm³/mol. The topological polar surface area (TPSA) is 29.9 Å². The van der Waals surface area contributed by atoms with Crippen molar-refractivity contribution in [3.8, 4) is 5.69 Å². The van der Waals surface area contributed by atoms with Gasteiger partial charge in [-0.3, -0.25) is 0 Å². The quantitative estimate of drug-likeness (QED) is 0.830. The molecule has 0 saturated carbocycles. The van der Waals surface area contributed by atoms with Crippen LogP contribution in [0.2, 0.25) is 0 Å². The van der Waals surface area contributed by atoms with Gasteiger partial charge in [-0.05, 0) is 49.4 Å². The number of rotatable bonds is 7. The van der Waals surface area contributed by atoms with Crippen LogP contribution >= 0.6 is 0 Å². The van der Waals surface area contributed by atoms with Crippen LogP contribution in [0.15, 0.2) is 42.7 Å². The van der Waals surface area contributed by atoms with Crippen molar-refractivity contribution in [2.24, 2.45) is 5.92 Å². The van der Waals surface area contributed by atoms with Crippen LogP contribution in [0.25, 0.3) is 5.69 Å². The molecule has 0 saturated heterocycles. The van der Waals surface area contributed by atoms with Crippen molar-refractivity contribution in [2.75, 3.05) is 0 Å². The molecule has 3 nitrogen and oxygen atoms in total. The second-order valence-electron chi connectivity index (χ2n) is 5.87. The molecular weight excluding hydrogens is 246 g/mol. The molecule has 2 rings (SSSR count). The lowest BCUT2D eigenvalue weighted by molar-refractivity contribution is 0.451. The Hall–Kier alpha value is -1.61. The highest BCUT2D eigenvalue weighted by Crippen LogP contribution is 2.10. The van der Waals surface area contributed by atoms with Crippen LogP contribution in [0, 0.1) is 5.92 Å². The average Bonchev–Trinajstić information content (AvgIpc) is 2.97. The van der Waals surface area contributed by atoms with E-state index in [9.17, 15) is 0 Å². The summed E-state index contributed by atoms with van der Waals surface area (Å²) in [5.74, 6) is 0.785. The largest absolute Gasteiger partial charge is 0.310 e. The highest BCUT2D eigenvalue weighted by molar-refractivity contribution is 5.33. The molecule has 0 aliphatic carbocycles. The minimum Gasteiger partial charge on any atom is -0.310 e. The normalized spacial score (nSPS) is 12.8. The van der Waals surface area contributed by atoms with E-state index in [-0.39, 0.29) is 0 Å². The van der Waals surface area contributed by atoms with E-state index in [1.807, 2.05) is 16.9 Å². The van der Waals surface area contributed by atoms with E-state index < -0.39 is 0 Å². The van der Waals surface area contributed by atoms with Crippen molar-refractivity contribution in [2.45, 2.75) is 46.2 Å². The number of hydrogen-bond acceptors (Lipinski definition) is 2. The maximum atomic E-state index is 4.23. The minimum absolute atomic E-state index is 0.572. The molecule has 0 aliphatic rings. The maximum absolute atomic E-state index is 4.23. The van der Waals surface area contributed by atoms with E-state index in [4.69, 9.17) is 0 Å². The van der Waals surface area contributed by atoms with Gasteiger partial charge in [-0.25, -0.2) is 4.68 Å². The SMILES string of the molecule is CC(C)CCC(C)NCc1ccc(-n2cccn2)cc1. The van der Waals surface area contributed by atoms with Crippen molar-refractivity contribution in [1.82, 2.24) is 15.1 Å². The standard InChI is InChI=1S/C17H25N3/c1-14(2)5-6-15(3)18-13-16-7-9-17(10-8-16)20-12-4-11-19-20/h4,7-12,14-15,18H,5-6,13H2,1-3H3. The summed E-state index contributed by atoms with van der Waals surface area (Å²) in [6.45, 7) is 7.75. The van der Waals surface area contributed by atoms with Crippen LogP contribution in [-0.4, -0.2) is 15.8 Å². The zero-order chi connectivity index (χ0) is 14.4. The minimum atomic E-state index is 0.572. The highest BCUT2D eigenvalue weighted by Gasteiger charge is 2.03. The summed E-state index contributed by atoms with van der Waals surface area (Å²) in [5, 5.41) is 7.82. The Morgan fingerprint density at radius 2 is 1.85 bits per heavy atom. The Labute approximate surface area is 122 Å². The van der Waals surface area contributed by atoms with Gasteiger partial charge in [0.2, 0.25) is 0 Å². The lowest BCUT2D eigenvalue weighted by Gasteiger charge is -2.15. The third kappa shape index (κ3) is 4.49. The second kappa shape index (κ2) is 7.25. The third-order valence-corrected chi connectivity index (χ3v) is 3.54. The van der Waals surface area contributed by atoms with Crippen molar-refractivity contribution in [3.63, 3.8) is 0 Å². The van der Waals surface area contributed by atoms with Gasteiger partial charge in [-0.2, -0.15) is 5.10 Å². The first kappa shape index (κ1) is 14.8. The molecule has 0 aliphatic heterocycles. The molecule has 1 heterocycles. The molecular formula is C17H25N3. The summed E-state index contributed by atoms with van der Waals surface area (Å²) in [4.78, 5) is 0. The smallest absolute Gasteiger partial charge is 0.0645 e. The molecule has 0 spiro atoms. The Morgan fingerprint density at radius 3 is 2.45 bits per heavy atom. The van der Waals surface area contributed by atoms with Crippen LogP contribution in [0.5, 0.6) is 0 Å². The fraction of sp³-hybridized carbons (Fsp3) is 0.471. The summed E-state index contributed by atoms with van der Waals surface area (Å²) in [7, 11) is 0. The van der Waals surface area contributed by atoms with Gasteiger partial charge in [0.25, 0.3) is 0 Å². The molecule has 0 fully saturated rings. The monoisotopic (exact) mass is 271 g/mol. The van der Waals surface area contributed by atoms with Crippen LogP contribution in [0.3, 0.4) is 0 Å². The van der Waals surface area contributed by atoms with Gasteiger partial charge < -0.3 is 5.32 Å². The molecule has 1 aromatic carbocycles. The summed E-state index contributed by atoms with van der Waals surface area (Å²) in [6.07, 6.45) is 6.28. The Kier molecular flexibility index (Phi) is 5.36. The van der Waals surface area contributed by atoms with Crippen molar-refractivity contribution >= 4 is 0 Å². The Morgan fingerprint density at radius 1 is 1.10 bits per heavy atom. The Bertz CT molecular complexity index is 485. The average molecular weight is 271 g/mol. The molecule has 0 amide bonds. The molecule has 1 unspecified atom stereocenters. The number of nitrogens with zero attached hydrogens (tertiary/aromatic N) is 2. The molecule has 0 radical (unpaired) electrons. The maximum Gasteiger partial charge on any atom is 0.0645 e. The van der Waals surface area contributed by atoms with E-state index in [1.54, 1.807) is 6.20 Å². The van der Waals surface area contributed by atoms with Crippen LogP contribution in [0.4, 0.5) is 0 Å². The molecule has 1 atom stereocenters. The lowest BCUT2D eigenvalue weighted by Crippen LogP contribution is -2.25. The third-order valence-electron chi connectivity index (χ3n) is 3.54. The molecule has 20 heavy (non-hydrogen) atoms. The second-order valence-corrected chi connectivity index (χ2v) is 5.87. The number of benzene rings is 1. The molecule has 0 bridgehead atoms. The van der Waals surface area contributed by atoms with Gasteiger partial charge >= 0.3 is 0 Å². The van der Waals surface area contributed by atoms with Gasteiger partial charge in [0, 0.05) is 25.0 Å². The van der Waals surface area contributed by atoms with E-state index in [1.165, 1.54) is 18.4 Å². The highest BCUT2D eigenvalue weighted by atomic mass is 15.3. The molecule has 3 heteroatoms. The van der Waals surface area contributed by atoms with Gasteiger partial charge in [0.05, 0.1) is 5.69 Å². The number of hydrogen-bond donors (Lipinski definition) is 1. The van der Waals surface area contributed by atoms with Crippen molar-refractivity contribution < 1.29 is 0 Å². The summed E-state index contributed by atoms with van der Waals surface area (Å²) < 4.78 is 1.88. The van der Waals surface area contributed by atoms with Crippen LogP contribution < -0.4 is 5.32 Å². The van der Waals surface area contributed by atoms with Gasteiger partial charge in [-0.15, -0.1) is 0 Å². The molecule has 1 N–H and O–H groups in total. The van der Waals surface area contributed by atoms with E-state index in [2.05, 4.69) is 55.5 Å². The lowest BCUT2D eigenvalue weighted by atomic mass is 10.0. The predicted octanol–water partition coefficient (Wildman–Crippen LogP) is 3.79. The number of nitrogens with one attached hydrogen (secondary N) is 1. The molecule has 108 valence electrons. The fourth-order valence-corrected chi connectivity index (χ4v) is 2.17. The first-order valence-electron chi connectivity index (χ1n) is 7.47.